The van der Waals surface area contributed by atoms with Crippen molar-refractivity contribution in [2.45, 2.75) is 19.4 Å². The Hall–Kier alpha value is -2.38. The number of aromatic nitrogens is 2. The molecule has 0 saturated heterocycles. The first-order chi connectivity index (χ1) is 8.49. The summed E-state index contributed by atoms with van der Waals surface area (Å²) in [5, 5.41) is 10.9. The normalized spacial score (nSPS) is 10.0. The number of nitrogens with zero attached hydrogens (tertiary/aromatic N) is 1. The fourth-order valence-corrected chi connectivity index (χ4v) is 1.25. The number of carboxylic acid groups (broad SMARTS) is 1. The van der Waals surface area contributed by atoms with Crippen LogP contribution < -0.4 is 16.6 Å². The van der Waals surface area contributed by atoms with Gasteiger partial charge in [0.05, 0.1) is 0 Å². The third kappa shape index (κ3) is 4.64. The minimum absolute atomic E-state index is 0.0289. The molecule has 0 bridgehead atoms. The first-order valence-electron chi connectivity index (χ1n) is 5.27. The minimum atomic E-state index is -0.930. The van der Waals surface area contributed by atoms with Gasteiger partial charge in [0, 0.05) is 25.2 Å². The van der Waals surface area contributed by atoms with Crippen molar-refractivity contribution in [3.05, 3.63) is 33.1 Å². The molecule has 8 heteroatoms. The van der Waals surface area contributed by atoms with E-state index in [0.29, 0.717) is 6.42 Å². The van der Waals surface area contributed by atoms with E-state index in [0.717, 1.165) is 10.6 Å². The van der Waals surface area contributed by atoms with Crippen LogP contribution in [0.25, 0.3) is 0 Å². The van der Waals surface area contributed by atoms with Gasteiger partial charge >= 0.3 is 11.7 Å². The van der Waals surface area contributed by atoms with Crippen LogP contribution in [0.2, 0.25) is 0 Å². The number of hydrogen-bond acceptors (Lipinski definition) is 4. The van der Waals surface area contributed by atoms with Gasteiger partial charge in [0.15, 0.2) is 0 Å². The van der Waals surface area contributed by atoms with Crippen LogP contribution in [0, 0.1) is 0 Å². The lowest BCUT2D eigenvalue weighted by Crippen LogP contribution is -2.35. The van der Waals surface area contributed by atoms with Gasteiger partial charge in [0.25, 0.3) is 5.56 Å². The second-order valence-electron chi connectivity index (χ2n) is 3.59. The summed E-state index contributed by atoms with van der Waals surface area (Å²) in [4.78, 5) is 45.6. The Morgan fingerprint density at radius 2 is 2.11 bits per heavy atom. The van der Waals surface area contributed by atoms with Crippen LogP contribution in [-0.2, 0) is 16.1 Å². The van der Waals surface area contributed by atoms with E-state index < -0.39 is 23.1 Å². The van der Waals surface area contributed by atoms with Crippen LogP contribution >= 0.6 is 0 Å². The number of aliphatic carboxylic acids is 1. The van der Waals surface area contributed by atoms with Gasteiger partial charge in [-0.3, -0.25) is 23.9 Å². The van der Waals surface area contributed by atoms with Gasteiger partial charge in [-0.1, -0.05) is 0 Å². The molecule has 98 valence electrons. The quantitative estimate of drug-likeness (QED) is 0.535. The third-order valence-corrected chi connectivity index (χ3v) is 2.10. The largest absolute Gasteiger partial charge is 0.481 e. The van der Waals surface area contributed by atoms with Gasteiger partial charge in [-0.15, -0.1) is 0 Å². The predicted molar refractivity (Wildman–Crippen MR) is 61.2 cm³/mol. The van der Waals surface area contributed by atoms with Crippen LogP contribution in [-0.4, -0.2) is 33.1 Å². The van der Waals surface area contributed by atoms with E-state index in [1.807, 2.05) is 4.98 Å². The summed E-state index contributed by atoms with van der Waals surface area (Å²) in [7, 11) is 0. The number of hydrogen-bond donors (Lipinski definition) is 3. The predicted octanol–water partition coefficient (Wildman–Crippen LogP) is -1.48. The van der Waals surface area contributed by atoms with Crippen molar-refractivity contribution in [3.8, 4) is 0 Å². The number of carboxylic acids is 1. The van der Waals surface area contributed by atoms with Crippen molar-refractivity contribution in [2.75, 3.05) is 6.54 Å². The highest BCUT2D eigenvalue weighted by atomic mass is 16.4. The molecule has 0 fully saturated rings. The molecule has 0 radical (unpaired) electrons. The Morgan fingerprint density at radius 1 is 1.39 bits per heavy atom. The summed E-state index contributed by atoms with van der Waals surface area (Å²) in [6.07, 6.45) is 1.51. The number of aromatic amines is 1. The molecule has 0 unspecified atom stereocenters. The molecule has 0 aliphatic heterocycles. The molecular formula is C10H13N3O5. The highest BCUT2D eigenvalue weighted by molar-refractivity contribution is 5.75. The molecule has 1 rings (SSSR count). The number of carbonyl (C=O) groups excluding carboxylic acids is 1. The molecule has 1 heterocycles. The standard InChI is InChI=1S/C10H13N3O5/c14-7-3-5-13(10(18)12-7)6-8(15)11-4-1-2-9(16)17/h3,5H,1-2,4,6H2,(H,11,15)(H,16,17)(H,12,14,18). The summed E-state index contributed by atoms with van der Waals surface area (Å²) in [6.45, 7) is 0.00587. The van der Waals surface area contributed by atoms with Crippen molar-refractivity contribution < 1.29 is 14.7 Å². The average molecular weight is 255 g/mol. The smallest absolute Gasteiger partial charge is 0.328 e. The van der Waals surface area contributed by atoms with Crippen LogP contribution in [0.15, 0.2) is 21.9 Å². The number of H-pyrrole nitrogens is 1. The van der Waals surface area contributed by atoms with Gasteiger partial charge in [-0.2, -0.15) is 0 Å². The van der Waals surface area contributed by atoms with Gasteiger partial charge in [0.1, 0.15) is 6.54 Å². The Kier molecular flexibility index (Phi) is 4.85. The monoisotopic (exact) mass is 255 g/mol. The lowest BCUT2D eigenvalue weighted by atomic mass is 10.3. The maximum atomic E-state index is 11.4. The first kappa shape index (κ1) is 13.7. The fourth-order valence-electron chi connectivity index (χ4n) is 1.25. The number of amides is 1. The zero-order valence-electron chi connectivity index (χ0n) is 9.51. The molecule has 0 aromatic carbocycles. The van der Waals surface area contributed by atoms with E-state index in [9.17, 15) is 19.2 Å². The fraction of sp³-hybridized carbons (Fsp3) is 0.400. The Morgan fingerprint density at radius 3 is 2.72 bits per heavy atom. The molecule has 0 aliphatic rings. The molecule has 1 amide bonds. The van der Waals surface area contributed by atoms with E-state index in [1.54, 1.807) is 0 Å². The molecule has 1 aromatic rings. The maximum absolute atomic E-state index is 11.4. The summed E-state index contributed by atoms with van der Waals surface area (Å²) in [5.74, 6) is -1.35. The Balaban J connectivity index is 2.42. The summed E-state index contributed by atoms with van der Waals surface area (Å²) in [5.41, 5.74) is -1.19. The van der Waals surface area contributed by atoms with Crippen molar-refractivity contribution in [3.63, 3.8) is 0 Å². The molecule has 1 aromatic heterocycles. The van der Waals surface area contributed by atoms with Gasteiger partial charge in [-0.25, -0.2) is 4.79 Å². The number of nitrogens with one attached hydrogen (secondary N) is 2. The maximum Gasteiger partial charge on any atom is 0.328 e. The molecule has 0 spiro atoms. The molecule has 0 saturated carbocycles. The van der Waals surface area contributed by atoms with Gasteiger partial charge < -0.3 is 10.4 Å². The van der Waals surface area contributed by atoms with E-state index in [1.165, 1.54) is 6.20 Å². The minimum Gasteiger partial charge on any atom is -0.481 e. The number of rotatable bonds is 6. The molecule has 3 N–H and O–H groups in total. The van der Waals surface area contributed by atoms with Crippen LogP contribution in [0.5, 0.6) is 0 Å². The van der Waals surface area contributed by atoms with Gasteiger partial charge in [-0.05, 0) is 6.42 Å². The van der Waals surface area contributed by atoms with Crippen LogP contribution in [0.3, 0.4) is 0 Å². The molecule has 8 nitrogen and oxygen atoms in total. The Labute approximate surface area is 101 Å². The zero-order valence-corrected chi connectivity index (χ0v) is 9.51. The summed E-state index contributed by atoms with van der Waals surface area (Å²) in [6, 6.07) is 1.14. The zero-order chi connectivity index (χ0) is 13.5. The van der Waals surface area contributed by atoms with E-state index >= 15 is 0 Å². The summed E-state index contributed by atoms with van der Waals surface area (Å²) < 4.78 is 1.05. The lowest BCUT2D eigenvalue weighted by Gasteiger charge is -2.05. The topological polar surface area (TPSA) is 121 Å². The third-order valence-electron chi connectivity index (χ3n) is 2.10. The summed E-state index contributed by atoms with van der Waals surface area (Å²) >= 11 is 0. The van der Waals surface area contributed by atoms with E-state index in [2.05, 4.69) is 5.32 Å². The molecule has 18 heavy (non-hydrogen) atoms. The van der Waals surface area contributed by atoms with Crippen molar-refractivity contribution in [1.82, 2.24) is 14.9 Å². The second kappa shape index (κ2) is 6.38. The van der Waals surface area contributed by atoms with E-state index in [-0.39, 0.29) is 19.5 Å². The van der Waals surface area contributed by atoms with Crippen LogP contribution in [0.4, 0.5) is 0 Å². The first-order valence-corrected chi connectivity index (χ1v) is 5.27. The molecule has 0 atom stereocenters. The Bertz CT molecular complexity index is 545. The molecular weight excluding hydrogens is 242 g/mol. The van der Waals surface area contributed by atoms with Crippen LogP contribution in [0.1, 0.15) is 12.8 Å². The number of carbonyl (C=O) groups is 2. The van der Waals surface area contributed by atoms with E-state index in [4.69, 9.17) is 5.11 Å². The van der Waals surface area contributed by atoms with Crippen molar-refractivity contribution in [1.29, 1.82) is 0 Å². The SMILES string of the molecule is O=C(O)CCCNC(=O)Cn1ccc(=O)[nH]c1=O. The lowest BCUT2D eigenvalue weighted by molar-refractivity contribution is -0.137. The van der Waals surface area contributed by atoms with Gasteiger partial charge in [0.2, 0.25) is 5.91 Å². The second-order valence-corrected chi connectivity index (χ2v) is 3.59. The van der Waals surface area contributed by atoms with Crippen molar-refractivity contribution in [2.24, 2.45) is 0 Å². The van der Waals surface area contributed by atoms with Crippen molar-refractivity contribution >= 4 is 11.9 Å². The average Bonchev–Trinajstić information content (AvgIpc) is 2.28. The molecule has 0 aliphatic carbocycles. The highest BCUT2D eigenvalue weighted by Gasteiger charge is 2.04. The highest BCUT2D eigenvalue weighted by Crippen LogP contribution is 1.86.